The molecule has 0 aliphatic carbocycles. The van der Waals surface area contributed by atoms with Crippen LogP contribution in [0.25, 0.3) is 0 Å². The van der Waals surface area contributed by atoms with Crippen LogP contribution in [-0.2, 0) is 17.8 Å². The maximum absolute atomic E-state index is 13.0. The molecule has 26 heavy (non-hydrogen) atoms. The summed E-state index contributed by atoms with van der Waals surface area (Å²) in [4.78, 5) is 28.8. The molecule has 2 amide bonds. The van der Waals surface area contributed by atoms with Crippen LogP contribution in [0.3, 0.4) is 0 Å². The van der Waals surface area contributed by atoms with Gasteiger partial charge in [0, 0.05) is 23.5 Å². The fourth-order valence-electron chi connectivity index (χ4n) is 3.11. The average molecular weight is 372 g/mol. The van der Waals surface area contributed by atoms with E-state index in [0.717, 1.165) is 6.42 Å². The summed E-state index contributed by atoms with van der Waals surface area (Å²) in [7, 11) is 1.58. The first-order valence-electron chi connectivity index (χ1n) is 8.78. The lowest BCUT2D eigenvalue weighted by atomic mass is 10.00. The first-order chi connectivity index (χ1) is 12.5. The van der Waals surface area contributed by atoms with Crippen LogP contribution in [0.4, 0.5) is 0 Å². The van der Waals surface area contributed by atoms with Crippen LogP contribution in [0.2, 0.25) is 0 Å². The fraction of sp³-hybridized carbons (Fsp3) is 0.400. The summed E-state index contributed by atoms with van der Waals surface area (Å²) >= 11 is 1.75. The third kappa shape index (κ3) is 3.90. The standard InChI is InChI=1S/C20H24N2O3S/c1-13(2)18(21-19(23)14-4-6-16(25-3)7-5-14)20(24)22-10-8-17-15(12-22)9-11-26-17/h4-7,9,11,13,18H,8,10,12H2,1-3H3,(H,21,23)/t18-/m0/s1. The second-order valence-electron chi connectivity index (χ2n) is 6.80. The predicted molar refractivity (Wildman–Crippen MR) is 103 cm³/mol. The SMILES string of the molecule is COc1ccc(C(=O)N[C@H](C(=O)N2CCc3sccc3C2)C(C)C)cc1. The number of thiophene rings is 1. The lowest BCUT2D eigenvalue weighted by Gasteiger charge is -2.32. The van der Waals surface area contributed by atoms with Gasteiger partial charge in [-0.2, -0.15) is 0 Å². The van der Waals surface area contributed by atoms with Crippen molar-refractivity contribution >= 4 is 23.2 Å². The molecule has 2 heterocycles. The summed E-state index contributed by atoms with van der Waals surface area (Å²) in [6.07, 6.45) is 0.885. The number of carbonyl (C=O) groups excluding carboxylic acids is 2. The molecule has 0 bridgehead atoms. The maximum atomic E-state index is 13.0. The Morgan fingerprint density at radius 1 is 1.19 bits per heavy atom. The Morgan fingerprint density at radius 3 is 2.58 bits per heavy atom. The molecular formula is C20H24N2O3S. The highest BCUT2D eigenvalue weighted by molar-refractivity contribution is 7.10. The molecule has 0 spiro atoms. The lowest BCUT2D eigenvalue weighted by molar-refractivity contribution is -0.135. The molecule has 1 N–H and O–H groups in total. The van der Waals surface area contributed by atoms with Crippen LogP contribution >= 0.6 is 11.3 Å². The van der Waals surface area contributed by atoms with Gasteiger partial charge in [0.1, 0.15) is 11.8 Å². The van der Waals surface area contributed by atoms with E-state index >= 15 is 0 Å². The molecule has 1 aliphatic rings. The molecule has 0 unspecified atom stereocenters. The number of methoxy groups -OCH3 is 1. The minimum Gasteiger partial charge on any atom is -0.497 e. The largest absolute Gasteiger partial charge is 0.497 e. The minimum atomic E-state index is -0.537. The first-order valence-corrected chi connectivity index (χ1v) is 9.66. The number of ether oxygens (including phenoxy) is 1. The second-order valence-corrected chi connectivity index (χ2v) is 7.80. The third-order valence-corrected chi connectivity index (χ3v) is 5.71. The van der Waals surface area contributed by atoms with Crippen molar-refractivity contribution in [2.24, 2.45) is 5.92 Å². The van der Waals surface area contributed by atoms with Gasteiger partial charge in [-0.25, -0.2) is 0 Å². The lowest BCUT2D eigenvalue weighted by Crippen LogP contribution is -2.52. The smallest absolute Gasteiger partial charge is 0.251 e. The normalized spacial score (nSPS) is 14.7. The molecule has 1 aliphatic heterocycles. The van der Waals surface area contributed by atoms with Crippen molar-refractivity contribution < 1.29 is 14.3 Å². The molecule has 0 saturated carbocycles. The molecular weight excluding hydrogens is 348 g/mol. The fourth-order valence-corrected chi connectivity index (χ4v) is 4.00. The van der Waals surface area contributed by atoms with Crippen molar-refractivity contribution in [1.29, 1.82) is 0 Å². The van der Waals surface area contributed by atoms with Gasteiger partial charge < -0.3 is 15.0 Å². The van der Waals surface area contributed by atoms with E-state index in [4.69, 9.17) is 4.74 Å². The van der Waals surface area contributed by atoms with Crippen LogP contribution in [0, 0.1) is 5.92 Å². The van der Waals surface area contributed by atoms with Crippen LogP contribution in [0.5, 0.6) is 5.75 Å². The van der Waals surface area contributed by atoms with E-state index in [0.29, 0.717) is 24.4 Å². The Balaban J connectivity index is 1.70. The Morgan fingerprint density at radius 2 is 1.92 bits per heavy atom. The van der Waals surface area contributed by atoms with Crippen molar-refractivity contribution in [3.8, 4) is 5.75 Å². The number of amides is 2. The minimum absolute atomic E-state index is 0.00794. The molecule has 1 aromatic carbocycles. The first kappa shape index (κ1) is 18.5. The van der Waals surface area contributed by atoms with Crippen LogP contribution in [0.1, 0.15) is 34.6 Å². The summed E-state index contributed by atoms with van der Waals surface area (Å²) < 4.78 is 5.12. The zero-order valence-corrected chi connectivity index (χ0v) is 16.1. The molecule has 1 atom stereocenters. The topological polar surface area (TPSA) is 58.6 Å². The second kappa shape index (κ2) is 7.91. The van der Waals surface area contributed by atoms with E-state index in [1.807, 2.05) is 18.7 Å². The molecule has 2 aromatic rings. The highest BCUT2D eigenvalue weighted by Crippen LogP contribution is 2.25. The highest BCUT2D eigenvalue weighted by Gasteiger charge is 2.31. The van der Waals surface area contributed by atoms with Crippen LogP contribution in [-0.4, -0.2) is 36.4 Å². The van der Waals surface area contributed by atoms with Gasteiger partial charge in [0.15, 0.2) is 0 Å². The quantitative estimate of drug-likeness (QED) is 0.877. The van der Waals surface area contributed by atoms with Crippen LogP contribution in [0.15, 0.2) is 35.7 Å². The molecule has 5 nitrogen and oxygen atoms in total. The van der Waals surface area contributed by atoms with Crippen molar-refractivity contribution in [3.05, 3.63) is 51.7 Å². The average Bonchev–Trinajstić information content (AvgIpc) is 3.13. The molecule has 1 aromatic heterocycles. The molecule has 3 rings (SSSR count). The van der Waals surface area contributed by atoms with E-state index in [9.17, 15) is 9.59 Å². The van der Waals surface area contributed by atoms with Crippen molar-refractivity contribution in [3.63, 3.8) is 0 Å². The van der Waals surface area contributed by atoms with Crippen molar-refractivity contribution in [2.75, 3.05) is 13.7 Å². The molecule has 0 radical (unpaired) electrons. The Labute approximate surface area is 158 Å². The van der Waals surface area contributed by atoms with E-state index < -0.39 is 6.04 Å². The van der Waals surface area contributed by atoms with E-state index in [1.165, 1.54) is 10.4 Å². The van der Waals surface area contributed by atoms with Gasteiger partial charge in [-0.05, 0) is 53.6 Å². The van der Waals surface area contributed by atoms with E-state index in [-0.39, 0.29) is 17.7 Å². The number of nitrogens with one attached hydrogen (secondary N) is 1. The molecule has 6 heteroatoms. The van der Waals surface area contributed by atoms with Crippen molar-refractivity contribution in [2.45, 2.75) is 32.9 Å². The van der Waals surface area contributed by atoms with Gasteiger partial charge in [-0.1, -0.05) is 13.8 Å². The number of nitrogens with zero attached hydrogens (tertiary/aromatic N) is 1. The van der Waals surface area contributed by atoms with Gasteiger partial charge in [0.2, 0.25) is 5.91 Å². The Hall–Kier alpha value is -2.34. The molecule has 0 saturated heterocycles. The number of hydrogen-bond acceptors (Lipinski definition) is 4. The molecule has 0 fully saturated rings. The summed E-state index contributed by atoms with van der Waals surface area (Å²) in [5.74, 6) is 0.443. The van der Waals surface area contributed by atoms with Crippen LogP contribution < -0.4 is 10.1 Å². The van der Waals surface area contributed by atoms with Gasteiger partial charge in [0.05, 0.1) is 7.11 Å². The van der Waals surface area contributed by atoms with Crippen molar-refractivity contribution in [1.82, 2.24) is 10.2 Å². The summed E-state index contributed by atoms with van der Waals surface area (Å²) in [5, 5.41) is 4.99. The van der Waals surface area contributed by atoms with Gasteiger partial charge >= 0.3 is 0 Å². The summed E-state index contributed by atoms with van der Waals surface area (Å²) in [6.45, 7) is 5.24. The molecule has 138 valence electrons. The maximum Gasteiger partial charge on any atom is 0.251 e. The zero-order valence-electron chi connectivity index (χ0n) is 15.3. The van der Waals surface area contributed by atoms with Gasteiger partial charge in [-0.3, -0.25) is 9.59 Å². The zero-order chi connectivity index (χ0) is 18.7. The predicted octanol–water partition coefficient (Wildman–Crippen LogP) is 3.10. The van der Waals surface area contributed by atoms with E-state index in [2.05, 4.69) is 16.8 Å². The number of benzene rings is 1. The number of fused-ring (bicyclic) bond motifs is 1. The van der Waals surface area contributed by atoms with E-state index in [1.54, 1.807) is 42.7 Å². The Bertz CT molecular complexity index is 783. The number of carbonyl (C=O) groups is 2. The highest BCUT2D eigenvalue weighted by atomic mass is 32.1. The summed E-state index contributed by atoms with van der Waals surface area (Å²) in [5.41, 5.74) is 1.74. The van der Waals surface area contributed by atoms with Gasteiger partial charge in [-0.15, -0.1) is 11.3 Å². The number of hydrogen-bond donors (Lipinski definition) is 1. The third-order valence-electron chi connectivity index (χ3n) is 4.69. The monoisotopic (exact) mass is 372 g/mol. The summed E-state index contributed by atoms with van der Waals surface area (Å²) in [6, 6.07) is 8.43. The number of rotatable bonds is 5. The van der Waals surface area contributed by atoms with Gasteiger partial charge in [0.25, 0.3) is 5.91 Å². The Kier molecular flexibility index (Phi) is 5.61.